The Hall–Kier alpha value is -1.78. The normalized spacial score (nSPS) is 12.1. The predicted molar refractivity (Wildman–Crippen MR) is 62.1 cm³/mol. The second-order valence-corrected chi connectivity index (χ2v) is 4.51. The van der Waals surface area contributed by atoms with Gasteiger partial charge in [-0.3, -0.25) is 14.9 Å². The molecule has 1 rings (SSSR count). The van der Waals surface area contributed by atoms with Crippen LogP contribution in [-0.4, -0.2) is 35.6 Å². The second kappa shape index (κ2) is 6.33. The maximum Gasteiger partial charge on any atom is 0.463 e. The summed E-state index contributed by atoms with van der Waals surface area (Å²) in [6.07, 6.45) is -6.28. The van der Waals surface area contributed by atoms with Crippen molar-refractivity contribution in [2.45, 2.75) is 25.4 Å². The fraction of sp³-hybridized carbons (Fsp3) is 0.500. The fourth-order valence-corrected chi connectivity index (χ4v) is 1.82. The standard InChI is InChI=1S/C10H9F5N2O3S/c1-2-20-6(18)3-5-4-21-8(16-5)17-7(19)9(11,12)10(13,14)15/h4H,2-3H2,1H3,(H,16,17,19). The van der Waals surface area contributed by atoms with Crippen molar-refractivity contribution in [3.05, 3.63) is 11.1 Å². The number of carbonyl (C=O) groups is 2. The van der Waals surface area contributed by atoms with Crippen molar-refractivity contribution in [2.24, 2.45) is 0 Å². The van der Waals surface area contributed by atoms with Crippen molar-refractivity contribution in [1.29, 1.82) is 0 Å². The minimum atomic E-state index is -6.00. The minimum absolute atomic E-state index is 0.0871. The third-order valence-corrected chi connectivity index (χ3v) is 2.85. The largest absolute Gasteiger partial charge is 0.466 e. The number of aromatic nitrogens is 1. The molecule has 1 aromatic heterocycles. The molecule has 0 saturated carbocycles. The summed E-state index contributed by atoms with van der Waals surface area (Å²) >= 11 is 0.613. The molecule has 0 spiro atoms. The number of ether oxygens (including phenoxy) is 1. The minimum Gasteiger partial charge on any atom is -0.466 e. The van der Waals surface area contributed by atoms with Crippen LogP contribution < -0.4 is 5.32 Å². The van der Waals surface area contributed by atoms with Crippen molar-refractivity contribution < 1.29 is 36.3 Å². The van der Waals surface area contributed by atoms with Crippen LogP contribution in [0.15, 0.2) is 5.38 Å². The number of thiazole rings is 1. The highest BCUT2D eigenvalue weighted by atomic mass is 32.1. The van der Waals surface area contributed by atoms with Crippen LogP contribution in [0.25, 0.3) is 0 Å². The number of hydrogen-bond donors (Lipinski definition) is 1. The zero-order valence-electron chi connectivity index (χ0n) is 10.5. The van der Waals surface area contributed by atoms with E-state index < -0.39 is 29.1 Å². The quantitative estimate of drug-likeness (QED) is 0.664. The fourth-order valence-electron chi connectivity index (χ4n) is 1.11. The number of hydrogen-bond acceptors (Lipinski definition) is 5. The van der Waals surface area contributed by atoms with Gasteiger partial charge in [-0.05, 0) is 6.92 Å². The molecule has 0 saturated heterocycles. The first kappa shape index (κ1) is 17.3. The van der Waals surface area contributed by atoms with Gasteiger partial charge in [0.05, 0.1) is 18.7 Å². The van der Waals surface area contributed by atoms with Gasteiger partial charge in [-0.1, -0.05) is 0 Å². The van der Waals surface area contributed by atoms with Gasteiger partial charge in [0.25, 0.3) is 0 Å². The Morgan fingerprint density at radius 3 is 2.48 bits per heavy atom. The van der Waals surface area contributed by atoms with Gasteiger partial charge in [-0.15, -0.1) is 11.3 Å². The van der Waals surface area contributed by atoms with E-state index in [9.17, 15) is 31.5 Å². The van der Waals surface area contributed by atoms with Crippen molar-refractivity contribution in [3.8, 4) is 0 Å². The van der Waals surface area contributed by atoms with Crippen molar-refractivity contribution in [2.75, 3.05) is 11.9 Å². The molecule has 0 fully saturated rings. The molecule has 1 amide bonds. The lowest BCUT2D eigenvalue weighted by Gasteiger charge is -2.17. The lowest BCUT2D eigenvalue weighted by molar-refractivity contribution is -0.267. The van der Waals surface area contributed by atoms with E-state index in [0.29, 0.717) is 11.3 Å². The second-order valence-electron chi connectivity index (χ2n) is 3.65. The van der Waals surface area contributed by atoms with E-state index in [0.717, 1.165) is 0 Å². The summed E-state index contributed by atoms with van der Waals surface area (Å²) < 4.78 is 65.9. The molecule has 0 aliphatic carbocycles. The monoisotopic (exact) mass is 332 g/mol. The van der Waals surface area contributed by atoms with Crippen LogP contribution in [0.4, 0.5) is 27.1 Å². The maximum atomic E-state index is 12.7. The van der Waals surface area contributed by atoms with Crippen LogP contribution in [0.2, 0.25) is 0 Å². The third-order valence-electron chi connectivity index (χ3n) is 2.04. The maximum absolute atomic E-state index is 12.7. The van der Waals surface area contributed by atoms with E-state index in [1.807, 2.05) is 0 Å². The smallest absolute Gasteiger partial charge is 0.463 e. The first-order valence-corrected chi connectivity index (χ1v) is 6.32. The third kappa shape index (κ3) is 4.34. The van der Waals surface area contributed by atoms with E-state index in [2.05, 4.69) is 9.72 Å². The first-order valence-electron chi connectivity index (χ1n) is 5.44. The van der Waals surface area contributed by atoms with Gasteiger partial charge in [0, 0.05) is 5.38 Å². The first-order chi connectivity index (χ1) is 9.57. The van der Waals surface area contributed by atoms with Gasteiger partial charge in [-0.2, -0.15) is 22.0 Å². The zero-order chi connectivity index (χ0) is 16.3. The average molecular weight is 332 g/mol. The van der Waals surface area contributed by atoms with Crippen LogP contribution in [0.3, 0.4) is 0 Å². The van der Waals surface area contributed by atoms with Crippen LogP contribution in [-0.2, 0) is 20.7 Å². The van der Waals surface area contributed by atoms with Crippen molar-refractivity contribution >= 4 is 28.3 Å². The van der Waals surface area contributed by atoms with Crippen LogP contribution in [0, 0.1) is 0 Å². The Morgan fingerprint density at radius 1 is 1.33 bits per heavy atom. The van der Waals surface area contributed by atoms with Crippen LogP contribution in [0.5, 0.6) is 0 Å². The number of carbonyl (C=O) groups excluding carboxylic acids is 2. The average Bonchev–Trinajstić information content (AvgIpc) is 2.75. The van der Waals surface area contributed by atoms with E-state index in [4.69, 9.17) is 0 Å². The highest BCUT2D eigenvalue weighted by molar-refractivity contribution is 7.13. The zero-order valence-corrected chi connectivity index (χ0v) is 11.3. The molecule has 11 heteroatoms. The van der Waals surface area contributed by atoms with E-state index >= 15 is 0 Å². The predicted octanol–water partition coefficient (Wildman–Crippen LogP) is 2.38. The van der Waals surface area contributed by atoms with Gasteiger partial charge in [0.1, 0.15) is 0 Å². The molecule has 0 aliphatic heterocycles. The number of esters is 1. The molecule has 21 heavy (non-hydrogen) atoms. The van der Waals surface area contributed by atoms with Crippen molar-refractivity contribution in [1.82, 2.24) is 4.98 Å². The number of nitrogens with zero attached hydrogens (tertiary/aromatic N) is 1. The molecule has 0 unspecified atom stereocenters. The summed E-state index contributed by atoms with van der Waals surface area (Å²) in [5.74, 6) is -8.70. The Labute approximate surface area is 119 Å². The molecule has 1 heterocycles. The Balaban J connectivity index is 2.71. The number of anilines is 1. The van der Waals surface area contributed by atoms with Crippen LogP contribution in [0.1, 0.15) is 12.6 Å². The molecular weight excluding hydrogens is 323 g/mol. The molecule has 1 N–H and O–H groups in total. The highest BCUT2D eigenvalue weighted by Gasteiger charge is 2.63. The lowest BCUT2D eigenvalue weighted by atomic mass is 10.3. The van der Waals surface area contributed by atoms with E-state index in [1.54, 1.807) is 6.92 Å². The molecule has 0 bridgehead atoms. The van der Waals surface area contributed by atoms with Gasteiger partial charge in [0.15, 0.2) is 5.13 Å². The summed E-state index contributed by atoms with van der Waals surface area (Å²) in [4.78, 5) is 25.6. The molecule has 5 nitrogen and oxygen atoms in total. The topological polar surface area (TPSA) is 68.3 Å². The van der Waals surface area contributed by atoms with Gasteiger partial charge in [0.2, 0.25) is 0 Å². The van der Waals surface area contributed by atoms with Gasteiger partial charge < -0.3 is 4.74 Å². The lowest BCUT2D eigenvalue weighted by Crippen LogP contribution is -2.47. The van der Waals surface area contributed by atoms with Crippen LogP contribution >= 0.6 is 11.3 Å². The SMILES string of the molecule is CCOC(=O)Cc1csc(NC(=O)C(F)(F)C(F)(F)F)n1. The molecule has 0 atom stereocenters. The van der Waals surface area contributed by atoms with Gasteiger partial charge >= 0.3 is 24.0 Å². The summed E-state index contributed by atoms with van der Waals surface area (Å²) in [5.41, 5.74) is 0.0871. The van der Waals surface area contributed by atoms with E-state index in [-0.39, 0.29) is 18.7 Å². The highest BCUT2D eigenvalue weighted by Crippen LogP contribution is 2.36. The molecule has 1 aromatic rings. The Bertz CT molecular complexity index is 529. The molecule has 0 aromatic carbocycles. The van der Waals surface area contributed by atoms with E-state index in [1.165, 1.54) is 10.7 Å². The number of halogens is 5. The number of amides is 1. The number of rotatable bonds is 5. The molecular formula is C10H9F5N2O3S. The summed E-state index contributed by atoms with van der Waals surface area (Å²) in [6.45, 7) is 1.70. The van der Waals surface area contributed by atoms with Crippen molar-refractivity contribution in [3.63, 3.8) is 0 Å². The van der Waals surface area contributed by atoms with Gasteiger partial charge in [-0.25, -0.2) is 4.98 Å². The number of alkyl halides is 5. The summed E-state index contributed by atoms with van der Waals surface area (Å²) in [5, 5.41) is 2.13. The summed E-state index contributed by atoms with van der Waals surface area (Å²) in [7, 11) is 0. The summed E-state index contributed by atoms with van der Waals surface area (Å²) in [6, 6.07) is 0. The number of nitrogens with one attached hydrogen (secondary N) is 1. The molecule has 0 aliphatic rings. The Kier molecular flexibility index (Phi) is 5.20. The molecule has 118 valence electrons. The molecule has 0 radical (unpaired) electrons. The Morgan fingerprint density at radius 2 is 1.95 bits per heavy atom.